The Kier molecular flexibility index (Phi) is 2.94. The van der Waals surface area contributed by atoms with Gasteiger partial charge >= 0.3 is 0 Å². The Balaban J connectivity index is 1.34. The molecule has 0 bridgehead atoms. The van der Waals surface area contributed by atoms with Gasteiger partial charge < -0.3 is 4.42 Å². The highest BCUT2D eigenvalue weighted by Crippen LogP contribution is 2.38. The molecule has 0 spiro atoms. The third kappa shape index (κ3) is 2.51. The lowest BCUT2D eigenvalue weighted by molar-refractivity contribution is 0.221. The molecule has 5 nitrogen and oxygen atoms in total. The molecule has 3 aromatic rings. The molecule has 1 aliphatic carbocycles. The minimum Gasteiger partial charge on any atom is -0.439 e. The second-order valence-corrected chi connectivity index (χ2v) is 6.51. The molecule has 3 heterocycles. The zero-order valence-corrected chi connectivity index (χ0v) is 12.9. The van der Waals surface area contributed by atoms with Gasteiger partial charge in [-0.25, -0.2) is 15.0 Å². The summed E-state index contributed by atoms with van der Waals surface area (Å²) < 4.78 is 5.83. The van der Waals surface area contributed by atoms with Crippen molar-refractivity contribution in [2.75, 3.05) is 6.54 Å². The third-order valence-electron chi connectivity index (χ3n) is 4.67. The highest BCUT2D eigenvalue weighted by Gasteiger charge is 2.28. The summed E-state index contributed by atoms with van der Waals surface area (Å²) in [6.45, 7) is 2.60. The van der Waals surface area contributed by atoms with Gasteiger partial charge in [0.2, 0.25) is 5.89 Å². The Bertz CT molecular complexity index is 835. The highest BCUT2D eigenvalue weighted by atomic mass is 16.3. The third-order valence-corrected chi connectivity index (χ3v) is 4.67. The predicted molar refractivity (Wildman–Crippen MR) is 85.8 cm³/mol. The average Bonchev–Trinajstić information content (AvgIpc) is 3.34. The van der Waals surface area contributed by atoms with Gasteiger partial charge in [0.05, 0.1) is 6.54 Å². The number of fused-ring (bicyclic) bond motifs is 2. The Morgan fingerprint density at radius 2 is 2.09 bits per heavy atom. The topological polar surface area (TPSA) is 55.1 Å². The van der Waals surface area contributed by atoms with Gasteiger partial charge in [0.15, 0.2) is 5.58 Å². The SMILES string of the molecule is c1ccc2oc(CN3CCc4nc(C5CC5)ncc4C3)nc2c1. The molecule has 0 N–H and O–H groups in total. The summed E-state index contributed by atoms with van der Waals surface area (Å²) in [7, 11) is 0. The lowest BCUT2D eigenvalue weighted by atomic mass is 10.1. The van der Waals surface area contributed by atoms with Crippen LogP contribution in [-0.2, 0) is 19.5 Å². The second-order valence-electron chi connectivity index (χ2n) is 6.51. The molecule has 0 amide bonds. The lowest BCUT2D eigenvalue weighted by Crippen LogP contribution is -2.31. The Hall–Kier alpha value is -2.27. The first-order chi connectivity index (χ1) is 11.3. The molecule has 1 fully saturated rings. The molecule has 0 saturated heterocycles. The van der Waals surface area contributed by atoms with Crippen molar-refractivity contribution in [2.45, 2.75) is 38.3 Å². The van der Waals surface area contributed by atoms with Crippen LogP contribution in [-0.4, -0.2) is 26.4 Å². The fraction of sp³-hybridized carbons (Fsp3) is 0.389. The maximum absolute atomic E-state index is 5.83. The molecule has 2 aliphatic rings. The highest BCUT2D eigenvalue weighted by molar-refractivity contribution is 5.72. The Labute approximate surface area is 134 Å². The van der Waals surface area contributed by atoms with Gasteiger partial charge in [-0.15, -0.1) is 0 Å². The van der Waals surface area contributed by atoms with Crippen LogP contribution in [0.5, 0.6) is 0 Å². The molecule has 1 saturated carbocycles. The summed E-state index contributed by atoms with van der Waals surface area (Å²) in [5.74, 6) is 2.46. The molecule has 0 unspecified atom stereocenters. The number of para-hydroxylation sites is 2. The van der Waals surface area contributed by atoms with E-state index in [9.17, 15) is 0 Å². The fourth-order valence-corrected chi connectivity index (χ4v) is 3.24. The summed E-state index contributed by atoms with van der Waals surface area (Å²) in [4.78, 5) is 16.3. The molecule has 1 aliphatic heterocycles. The van der Waals surface area contributed by atoms with E-state index < -0.39 is 0 Å². The molecule has 0 atom stereocenters. The van der Waals surface area contributed by atoms with Gasteiger partial charge in [-0.3, -0.25) is 4.90 Å². The number of oxazole rings is 1. The van der Waals surface area contributed by atoms with Crippen LogP contribution >= 0.6 is 0 Å². The van der Waals surface area contributed by atoms with Crippen LogP contribution in [0.25, 0.3) is 11.1 Å². The van der Waals surface area contributed by atoms with Crippen LogP contribution < -0.4 is 0 Å². The lowest BCUT2D eigenvalue weighted by Gasteiger charge is -2.26. The van der Waals surface area contributed by atoms with E-state index in [1.165, 1.54) is 24.1 Å². The van der Waals surface area contributed by atoms with E-state index in [2.05, 4.69) is 14.9 Å². The van der Waals surface area contributed by atoms with Crippen LogP contribution in [0.3, 0.4) is 0 Å². The Morgan fingerprint density at radius 1 is 1.17 bits per heavy atom. The van der Waals surface area contributed by atoms with E-state index in [-0.39, 0.29) is 0 Å². The van der Waals surface area contributed by atoms with E-state index in [1.807, 2.05) is 30.5 Å². The van der Waals surface area contributed by atoms with Crippen LogP contribution in [0.4, 0.5) is 0 Å². The zero-order chi connectivity index (χ0) is 15.2. The molecule has 5 rings (SSSR count). The monoisotopic (exact) mass is 306 g/mol. The van der Waals surface area contributed by atoms with Crippen molar-refractivity contribution in [2.24, 2.45) is 0 Å². The fourth-order valence-electron chi connectivity index (χ4n) is 3.24. The summed E-state index contributed by atoms with van der Waals surface area (Å²) in [5, 5.41) is 0. The minimum absolute atomic E-state index is 0.623. The van der Waals surface area contributed by atoms with Crippen molar-refractivity contribution in [1.29, 1.82) is 0 Å². The van der Waals surface area contributed by atoms with E-state index >= 15 is 0 Å². The maximum Gasteiger partial charge on any atom is 0.209 e. The summed E-state index contributed by atoms with van der Waals surface area (Å²) >= 11 is 0. The largest absolute Gasteiger partial charge is 0.439 e. The van der Waals surface area contributed by atoms with Gasteiger partial charge in [-0.1, -0.05) is 12.1 Å². The standard InChI is InChI=1S/C18H18N4O/c1-2-4-16-15(3-1)20-17(23-16)11-22-8-7-14-13(10-22)9-19-18(21-14)12-5-6-12/h1-4,9,12H,5-8,10-11H2. The number of hydrogen-bond acceptors (Lipinski definition) is 5. The van der Waals surface area contributed by atoms with E-state index in [0.717, 1.165) is 48.9 Å². The quantitative estimate of drug-likeness (QED) is 0.744. The van der Waals surface area contributed by atoms with Crippen molar-refractivity contribution in [3.63, 3.8) is 0 Å². The van der Waals surface area contributed by atoms with Crippen molar-refractivity contribution in [3.8, 4) is 0 Å². The number of nitrogens with zero attached hydrogens (tertiary/aromatic N) is 4. The van der Waals surface area contributed by atoms with Crippen LogP contribution in [0, 0.1) is 0 Å². The van der Waals surface area contributed by atoms with Crippen molar-refractivity contribution < 1.29 is 4.42 Å². The second kappa shape index (κ2) is 5.13. The van der Waals surface area contributed by atoms with Crippen LogP contribution in [0.2, 0.25) is 0 Å². The van der Waals surface area contributed by atoms with Crippen molar-refractivity contribution >= 4 is 11.1 Å². The molecule has 0 radical (unpaired) electrons. The van der Waals surface area contributed by atoms with Crippen LogP contribution in [0.1, 0.15) is 41.7 Å². The number of hydrogen-bond donors (Lipinski definition) is 0. The average molecular weight is 306 g/mol. The molecular weight excluding hydrogens is 288 g/mol. The summed E-state index contributed by atoms with van der Waals surface area (Å²) in [6.07, 6.45) is 5.51. The molecule has 2 aromatic heterocycles. The molecular formula is C18H18N4O. The van der Waals surface area contributed by atoms with Gasteiger partial charge in [-0.05, 0) is 25.0 Å². The van der Waals surface area contributed by atoms with E-state index in [1.54, 1.807) is 0 Å². The normalized spacial score (nSPS) is 18.3. The molecule has 116 valence electrons. The summed E-state index contributed by atoms with van der Waals surface area (Å²) in [5.41, 5.74) is 4.27. The van der Waals surface area contributed by atoms with Gasteiger partial charge in [0, 0.05) is 42.9 Å². The minimum atomic E-state index is 0.623. The first-order valence-corrected chi connectivity index (χ1v) is 8.27. The zero-order valence-electron chi connectivity index (χ0n) is 12.9. The maximum atomic E-state index is 5.83. The van der Waals surface area contributed by atoms with Gasteiger partial charge in [0.1, 0.15) is 11.3 Å². The molecule has 23 heavy (non-hydrogen) atoms. The summed E-state index contributed by atoms with van der Waals surface area (Å²) in [6, 6.07) is 7.91. The molecule has 5 heteroatoms. The van der Waals surface area contributed by atoms with Gasteiger partial charge in [0.25, 0.3) is 0 Å². The number of rotatable bonds is 3. The van der Waals surface area contributed by atoms with Crippen molar-refractivity contribution in [1.82, 2.24) is 19.9 Å². The molecule has 1 aromatic carbocycles. The van der Waals surface area contributed by atoms with E-state index in [4.69, 9.17) is 9.40 Å². The Morgan fingerprint density at radius 3 is 2.96 bits per heavy atom. The van der Waals surface area contributed by atoms with Crippen molar-refractivity contribution in [3.05, 3.63) is 53.4 Å². The predicted octanol–water partition coefficient (Wildman–Crippen LogP) is 3.05. The van der Waals surface area contributed by atoms with Crippen LogP contribution in [0.15, 0.2) is 34.9 Å². The first kappa shape index (κ1) is 13.2. The van der Waals surface area contributed by atoms with E-state index in [0.29, 0.717) is 5.92 Å². The smallest absolute Gasteiger partial charge is 0.209 e. The number of aromatic nitrogens is 3. The number of benzene rings is 1. The van der Waals surface area contributed by atoms with Gasteiger partial charge in [-0.2, -0.15) is 0 Å². The first-order valence-electron chi connectivity index (χ1n) is 8.27.